The van der Waals surface area contributed by atoms with Crippen LogP contribution < -0.4 is 4.74 Å². The Kier molecular flexibility index (Phi) is 4.09. The van der Waals surface area contributed by atoms with Crippen molar-refractivity contribution in [2.45, 2.75) is 38.0 Å². The zero-order valence-electron chi connectivity index (χ0n) is 15.9. The van der Waals surface area contributed by atoms with Gasteiger partial charge in [-0.1, -0.05) is 38.1 Å². The lowest BCUT2D eigenvalue weighted by Gasteiger charge is -2.24. The van der Waals surface area contributed by atoms with E-state index in [1.807, 2.05) is 48.2 Å². The standard InChI is InChI=1S/C23H22N2O2S/c1-23(2)12-11-17-21(23)28-22(24-17)15-6-3-7-16(13-15)27-19-10-9-14-5-4-8-18(26)20(14)25-19/h3-10,13,17,21,26H,11-12H2,1-2H3/t17-,21+/m0/s1. The Balaban J connectivity index is 1.40. The van der Waals surface area contributed by atoms with E-state index >= 15 is 0 Å². The van der Waals surface area contributed by atoms with Crippen molar-refractivity contribution in [2.75, 3.05) is 0 Å². The van der Waals surface area contributed by atoms with E-state index in [4.69, 9.17) is 9.73 Å². The highest BCUT2D eigenvalue weighted by Gasteiger charge is 2.46. The molecule has 4 nitrogen and oxygen atoms in total. The molecule has 3 aromatic rings. The third-order valence-electron chi connectivity index (χ3n) is 5.70. The van der Waals surface area contributed by atoms with Crippen LogP contribution in [0.3, 0.4) is 0 Å². The first-order valence-corrected chi connectivity index (χ1v) is 10.5. The van der Waals surface area contributed by atoms with Crippen LogP contribution in [-0.4, -0.2) is 26.4 Å². The molecule has 1 N–H and O–H groups in total. The minimum atomic E-state index is 0.155. The van der Waals surface area contributed by atoms with E-state index in [2.05, 4.69) is 24.9 Å². The largest absolute Gasteiger partial charge is 0.506 e. The average molecular weight is 391 g/mol. The molecule has 0 saturated heterocycles. The second-order valence-electron chi connectivity index (χ2n) is 8.20. The lowest BCUT2D eigenvalue weighted by Crippen LogP contribution is -2.24. The first-order valence-electron chi connectivity index (χ1n) is 9.61. The van der Waals surface area contributed by atoms with Crippen molar-refractivity contribution in [3.63, 3.8) is 0 Å². The summed E-state index contributed by atoms with van der Waals surface area (Å²) >= 11 is 1.91. The molecule has 0 spiro atoms. The Morgan fingerprint density at radius 2 is 1.96 bits per heavy atom. The van der Waals surface area contributed by atoms with Gasteiger partial charge in [-0.25, -0.2) is 4.98 Å². The number of ether oxygens (including phenoxy) is 1. The number of thioether (sulfide) groups is 1. The molecule has 1 fully saturated rings. The van der Waals surface area contributed by atoms with Crippen LogP contribution >= 0.6 is 11.8 Å². The number of para-hydroxylation sites is 1. The fraction of sp³-hybridized carbons (Fsp3) is 0.304. The fourth-order valence-electron chi connectivity index (χ4n) is 4.13. The van der Waals surface area contributed by atoms with Crippen LogP contribution in [0.1, 0.15) is 32.3 Å². The molecule has 28 heavy (non-hydrogen) atoms. The van der Waals surface area contributed by atoms with Gasteiger partial charge in [0, 0.05) is 22.3 Å². The number of nitrogens with zero attached hydrogens (tertiary/aromatic N) is 2. The molecule has 1 aromatic heterocycles. The quantitative estimate of drug-likeness (QED) is 0.615. The van der Waals surface area contributed by atoms with Crippen molar-refractivity contribution in [3.05, 3.63) is 60.2 Å². The van der Waals surface area contributed by atoms with E-state index in [9.17, 15) is 5.11 Å². The molecule has 2 atom stereocenters. The van der Waals surface area contributed by atoms with E-state index in [1.165, 1.54) is 12.8 Å². The van der Waals surface area contributed by atoms with Crippen molar-refractivity contribution in [1.82, 2.24) is 4.98 Å². The summed E-state index contributed by atoms with van der Waals surface area (Å²) < 4.78 is 5.99. The molecule has 0 bridgehead atoms. The number of hydrogen-bond donors (Lipinski definition) is 1. The molecule has 0 unspecified atom stereocenters. The van der Waals surface area contributed by atoms with Gasteiger partial charge in [0.25, 0.3) is 0 Å². The molecule has 1 aliphatic heterocycles. The smallest absolute Gasteiger partial charge is 0.219 e. The maximum atomic E-state index is 10.0. The second-order valence-corrected chi connectivity index (χ2v) is 9.33. The lowest BCUT2D eigenvalue weighted by molar-refractivity contribution is 0.390. The van der Waals surface area contributed by atoms with Gasteiger partial charge in [-0.2, -0.15) is 0 Å². The van der Waals surface area contributed by atoms with Crippen LogP contribution in [0.2, 0.25) is 0 Å². The predicted octanol–water partition coefficient (Wildman–Crippen LogP) is 5.78. The van der Waals surface area contributed by atoms with Crippen molar-refractivity contribution >= 4 is 27.7 Å². The number of phenols is 1. The molecule has 2 heterocycles. The number of hydrogen-bond acceptors (Lipinski definition) is 5. The van der Waals surface area contributed by atoms with E-state index in [0.717, 1.165) is 21.7 Å². The van der Waals surface area contributed by atoms with E-state index in [1.54, 1.807) is 12.1 Å². The summed E-state index contributed by atoms with van der Waals surface area (Å²) in [5, 5.41) is 12.6. The summed E-state index contributed by atoms with van der Waals surface area (Å²) in [6.07, 6.45) is 2.42. The Morgan fingerprint density at radius 1 is 1.11 bits per heavy atom. The van der Waals surface area contributed by atoms with Crippen molar-refractivity contribution < 1.29 is 9.84 Å². The number of rotatable bonds is 3. The van der Waals surface area contributed by atoms with Crippen LogP contribution in [0.4, 0.5) is 0 Å². The van der Waals surface area contributed by atoms with E-state index in [0.29, 0.717) is 28.1 Å². The first-order chi connectivity index (χ1) is 13.5. The van der Waals surface area contributed by atoms with Gasteiger partial charge in [0.05, 0.1) is 11.1 Å². The number of aromatic hydroxyl groups is 1. The van der Waals surface area contributed by atoms with Gasteiger partial charge in [-0.15, -0.1) is 11.8 Å². The Labute approximate surface area is 168 Å². The summed E-state index contributed by atoms with van der Waals surface area (Å²) in [5.74, 6) is 1.34. The number of aliphatic imine (C=N–C) groups is 1. The molecule has 142 valence electrons. The van der Waals surface area contributed by atoms with Gasteiger partial charge < -0.3 is 9.84 Å². The van der Waals surface area contributed by atoms with Crippen molar-refractivity contribution in [1.29, 1.82) is 0 Å². The van der Waals surface area contributed by atoms with Gasteiger partial charge in [0.15, 0.2) is 0 Å². The maximum Gasteiger partial charge on any atom is 0.219 e. The first kappa shape index (κ1) is 17.6. The van der Waals surface area contributed by atoms with Gasteiger partial charge in [-0.3, -0.25) is 4.99 Å². The van der Waals surface area contributed by atoms with Crippen molar-refractivity contribution in [3.8, 4) is 17.4 Å². The molecular formula is C23H22N2O2S. The molecule has 0 radical (unpaired) electrons. The molecule has 2 aromatic carbocycles. The molecule has 2 aliphatic rings. The number of phenolic OH excluding ortho intramolecular Hbond substituents is 1. The summed E-state index contributed by atoms with van der Waals surface area (Å²) in [6, 6.07) is 17.5. The van der Waals surface area contributed by atoms with Crippen molar-refractivity contribution in [2.24, 2.45) is 10.4 Å². The highest BCUT2D eigenvalue weighted by Crippen LogP contribution is 2.50. The summed E-state index contributed by atoms with van der Waals surface area (Å²) in [5.41, 5.74) is 1.98. The summed E-state index contributed by atoms with van der Waals surface area (Å²) in [6.45, 7) is 4.70. The molecule has 5 rings (SSSR count). The van der Waals surface area contributed by atoms with Gasteiger partial charge in [0.1, 0.15) is 17.0 Å². The van der Waals surface area contributed by atoms with Gasteiger partial charge in [0.2, 0.25) is 5.88 Å². The zero-order valence-corrected chi connectivity index (χ0v) is 16.7. The highest BCUT2D eigenvalue weighted by molar-refractivity contribution is 8.15. The SMILES string of the molecule is CC1(C)CC[C@@H]2N=C(c3cccc(Oc4ccc5cccc(O)c5n4)c3)S[C@H]21. The number of aromatic nitrogens is 1. The van der Waals surface area contributed by atoms with Crippen LogP contribution in [0.25, 0.3) is 10.9 Å². The highest BCUT2D eigenvalue weighted by atomic mass is 32.2. The van der Waals surface area contributed by atoms with Crippen LogP contribution in [0, 0.1) is 5.41 Å². The van der Waals surface area contributed by atoms with Crippen LogP contribution in [-0.2, 0) is 0 Å². The van der Waals surface area contributed by atoms with E-state index in [-0.39, 0.29) is 5.75 Å². The van der Waals surface area contributed by atoms with Gasteiger partial charge in [-0.05, 0) is 42.5 Å². The Bertz CT molecular complexity index is 1090. The van der Waals surface area contributed by atoms with Crippen LogP contribution in [0.5, 0.6) is 17.4 Å². The number of benzene rings is 2. The minimum absolute atomic E-state index is 0.155. The average Bonchev–Trinajstić information content (AvgIpc) is 3.24. The molecule has 0 amide bonds. The molecule has 1 aliphatic carbocycles. The third kappa shape index (κ3) is 3.04. The maximum absolute atomic E-state index is 10.0. The predicted molar refractivity (Wildman–Crippen MR) is 115 cm³/mol. The molecule has 1 saturated carbocycles. The normalized spacial score (nSPS) is 22.9. The third-order valence-corrected chi connectivity index (χ3v) is 7.47. The zero-order chi connectivity index (χ0) is 19.3. The van der Waals surface area contributed by atoms with Gasteiger partial charge >= 0.3 is 0 Å². The lowest BCUT2D eigenvalue weighted by atomic mass is 9.91. The monoisotopic (exact) mass is 390 g/mol. The molecular weight excluding hydrogens is 368 g/mol. The summed E-state index contributed by atoms with van der Waals surface area (Å²) in [7, 11) is 0. The summed E-state index contributed by atoms with van der Waals surface area (Å²) in [4.78, 5) is 9.45. The Hall–Kier alpha value is -2.53. The Morgan fingerprint density at radius 3 is 2.82 bits per heavy atom. The number of pyridine rings is 1. The van der Waals surface area contributed by atoms with E-state index < -0.39 is 0 Å². The minimum Gasteiger partial charge on any atom is -0.506 e. The van der Waals surface area contributed by atoms with Crippen LogP contribution in [0.15, 0.2) is 59.6 Å². The fourth-order valence-corrected chi connectivity index (χ4v) is 5.62. The second kappa shape index (κ2) is 6.52. The molecule has 5 heteroatoms. The number of fused-ring (bicyclic) bond motifs is 2. The topological polar surface area (TPSA) is 54.7 Å².